The van der Waals surface area contributed by atoms with Gasteiger partial charge in [-0.05, 0) is 37.6 Å². The van der Waals surface area contributed by atoms with Crippen LogP contribution in [-0.4, -0.2) is 25.5 Å². The summed E-state index contributed by atoms with van der Waals surface area (Å²) in [6.07, 6.45) is 1.01. The molecule has 1 aromatic rings. The molecule has 0 unspecified atom stereocenters. The molecule has 0 bridgehead atoms. The van der Waals surface area contributed by atoms with Crippen molar-refractivity contribution in [2.24, 2.45) is 5.73 Å². The molecule has 0 radical (unpaired) electrons. The van der Waals surface area contributed by atoms with Gasteiger partial charge in [-0.15, -0.1) is 0 Å². The molecular weight excluding hydrogens is 232 g/mol. The molecule has 0 aliphatic rings. The van der Waals surface area contributed by atoms with Crippen molar-refractivity contribution in [1.29, 1.82) is 0 Å². The fourth-order valence-electron chi connectivity index (χ4n) is 1.48. The van der Waals surface area contributed by atoms with Crippen LogP contribution < -0.4 is 11.1 Å². The maximum atomic E-state index is 11.6. The molecule has 0 atom stereocenters. The van der Waals surface area contributed by atoms with Gasteiger partial charge in [0.25, 0.3) is 0 Å². The number of methoxy groups -OCH3 is 1. The monoisotopic (exact) mass is 250 g/mol. The van der Waals surface area contributed by atoms with E-state index in [-0.39, 0.29) is 5.91 Å². The van der Waals surface area contributed by atoms with Crippen molar-refractivity contribution in [2.75, 3.05) is 19.0 Å². The predicted octanol–water partition coefficient (Wildman–Crippen LogP) is 1.46. The largest absolute Gasteiger partial charge is 0.465 e. The summed E-state index contributed by atoms with van der Waals surface area (Å²) < 4.78 is 4.63. The quantitative estimate of drug-likeness (QED) is 0.775. The SMILES string of the molecule is COC(=O)c1ccc(C)c(NC(=O)CCCN)c1. The van der Waals surface area contributed by atoms with E-state index in [0.717, 1.165) is 5.56 Å². The second-order valence-electron chi connectivity index (χ2n) is 3.96. The molecule has 0 aromatic heterocycles. The fourth-order valence-corrected chi connectivity index (χ4v) is 1.48. The first-order valence-electron chi connectivity index (χ1n) is 5.77. The summed E-state index contributed by atoms with van der Waals surface area (Å²) in [7, 11) is 1.32. The maximum Gasteiger partial charge on any atom is 0.337 e. The smallest absolute Gasteiger partial charge is 0.337 e. The molecule has 5 heteroatoms. The maximum absolute atomic E-state index is 11.6. The van der Waals surface area contributed by atoms with E-state index in [1.54, 1.807) is 18.2 Å². The van der Waals surface area contributed by atoms with Crippen LogP contribution in [0.5, 0.6) is 0 Å². The molecule has 0 aliphatic heterocycles. The number of rotatable bonds is 5. The van der Waals surface area contributed by atoms with Crippen LogP contribution in [-0.2, 0) is 9.53 Å². The zero-order valence-electron chi connectivity index (χ0n) is 10.7. The third-order valence-corrected chi connectivity index (χ3v) is 2.54. The van der Waals surface area contributed by atoms with Crippen LogP contribution in [0.25, 0.3) is 0 Å². The van der Waals surface area contributed by atoms with Crippen molar-refractivity contribution in [1.82, 2.24) is 0 Å². The number of esters is 1. The molecule has 98 valence electrons. The average molecular weight is 250 g/mol. The van der Waals surface area contributed by atoms with Gasteiger partial charge in [-0.2, -0.15) is 0 Å². The van der Waals surface area contributed by atoms with Gasteiger partial charge < -0.3 is 15.8 Å². The van der Waals surface area contributed by atoms with Crippen LogP contribution >= 0.6 is 0 Å². The minimum atomic E-state index is -0.424. The third kappa shape index (κ3) is 3.85. The molecule has 0 spiro atoms. The van der Waals surface area contributed by atoms with E-state index in [4.69, 9.17) is 5.73 Å². The number of carbonyl (C=O) groups excluding carboxylic acids is 2. The van der Waals surface area contributed by atoms with Gasteiger partial charge in [-0.1, -0.05) is 6.07 Å². The van der Waals surface area contributed by atoms with Crippen molar-refractivity contribution >= 4 is 17.6 Å². The molecule has 1 amide bonds. The number of benzene rings is 1. The van der Waals surface area contributed by atoms with Crippen molar-refractivity contribution in [3.63, 3.8) is 0 Å². The Morgan fingerprint density at radius 1 is 1.39 bits per heavy atom. The van der Waals surface area contributed by atoms with Gasteiger partial charge in [0.2, 0.25) is 5.91 Å². The predicted molar refractivity (Wildman–Crippen MR) is 69.4 cm³/mol. The lowest BCUT2D eigenvalue weighted by Gasteiger charge is -2.09. The molecule has 0 saturated heterocycles. The molecule has 1 aromatic carbocycles. The van der Waals surface area contributed by atoms with Gasteiger partial charge in [0, 0.05) is 12.1 Å². The normalized spacial score (nSPS) is 9.94. The van der Waals surface area contributed by atoms with E-state index in [1.165, 1.54) is 7.11 Å². The Balaban J connectivity index is 2.81. The van der Waals surface area contributed by atoms with E-state index in [0.29, 0.717) is 30.6 Å². The Morgan fingerprint density at radius 3 is 2.72 bits per heavy atom. The molecule has 3 N–H and O–H groups in total. The van der Waals surface area contributed by atoms with Gasteiger partial charge >= 0.3 is 5.97 Å². The number of nitrogens with one attached hydrogen (secondary N) is 1. The van der Waals surface area contributed by atoms with E-state index in [1.807, 2.05) is 6.92 Å². The van der Waals surface area contributed by atoms with Crippen LogP contribution in [0.2, 0.25) is 0 Å². The van der Waals surface area contributed by atoms with Crippen molar-refractivity contribution in [3.8, 4) is 0 Å². The lowest BCUT2D eigenvalue weighted by atomic mass is 10.1. The van der Waals surface area contributed by atoms with Gasteiger partial charge in [-0.3, -0.25) is 4.79 Å². The van der Waals surface area contributed by atoms with E-state index >= 15 is 0 Å². The number of nitrogens with two attached hydrogens (primary N) is 1. The van der Waals surface area contributed by atoms with Crippen molar-refractivity contribution in [3.05, 3.63) is 29.3 Å². The Bertz CT molecular complexity index is 444. The van der Waals surface area contributed by atoms with E-state index in [9.17, 15) is 9.59 Å². The number of anilines is 1. The highest BCUT2D eigenvalue weighted by atomic mass is 16.5. The number of ether oxygens (including phenoxy) is 1. The molecule has 0 fully saturated rings. The number of carbonyl (C=O) groups is 2. The standard InChI is InChI=1S/C13H18N2O3/c1-9-5-6-10(13(17)18-2)8-11(9)15-12(16)4-3-7-14/h5-6,8H,3-4,7,14H2,1-2H3,(H,15,16). The Hall–Kier alpha value is -1.88. The fraction of sp³-hybridized carbons (Fsp3) is 0.385. The van der Waals surface area contributed by atoms with Crippen LogP contribution in [0.3, 0.4) is 0 Å². The summed E-state index contributed by atoms with van der Waals surface area (Å²) in [5.41, 5.74) is 7.27. The Labute approximate surface area is 106 Å². The highest BCUT2D eigenvalue weighted by Gasteiger charge is 2.09. The second kappa shape index (κ2) is 6.76. The van der Waals surface area contributed by atoms with E-state index < -0.39 is 5.97 Å². The number of hydrogen-bond donors (Lipinski definition) is 2. The first-order chi connectivity index (χ1) is 8.58. The number of aryl methyl sites for hydroxylation is 1. The zero-order valence-corrected chi connectivity index (χ0v) is 10.7. The summed E-state index contributed by atoms with van der Waals surface area (Å²) in [6.45, 7) is 2.34. The number of hydrogen-bond acceptors (Lipinski definition) is 4. The zero-order chi connectivity index (χ0) is 13.5. The molecule has 18 heavy (non-hydrogen) atoms. The van der Waals surface area contributed by atoms with Gasteiger partial charge in [-0.25, -0.2) is 4.79 Å². The highest BCUT2D eigenvalue weighted by molar-refractivity contribution is 5.95. The average Bonchev–Trinajstić information content (AvgIpc) is 2.38. The third-order valence-electron chi connectivity index (χ3n) is 2.54. The summed E-state index contributed by atoms with van der Waals surface area (Å²) >= 11 is 0. The highest BCUT2D eigenvalue weighted by Crippen LogP contribution is 2.17. The lowest BCUT2D eigenvalue weighted by Crippen LogP contribution is -2.14. The first-order valence-corrected chi connectivity index (χ1v) is 5.77. The second-order valence-corrected chi connectivity index (χ2v) is 3.96. The summed E-state index contributed by atoms with van der Waals surface area (Å²) in [6, 6.07) is 5.04. The van der Waals surface area contributed by atoms with Crippen molar-refractivity contribution < 1.29 is 14.3 Å². The molecule has 1 rings (SSSR count). The van der Waals surface area contributed by atoms with Crippen molar-refractivity contribution in [2.45, 2.75) is 19.8 Å². The van der Waals surface area contributed by atoms with Gasteiger partial charge in [0.1, 0.15) is 0 Å². The molecule has 5 nitrogen and oxygen atoms in total. The van der Waals surface area contributed by atoms with Gasteiger partial charge in [0.15, 0.2) is 0 Å². The minimum absolute atomic E-state index is 0.106. The summed E-state index contributed by atoms with van der Waals surface area (Å²) in [5, 5.41) is 2.76. The van der Waals surface area contributed by atoms with Crippen LogP contribution in [0.15, 0.2) is 18.2 Å². The molecular formula is C13H18N2O3. The Kier molecular flexibility index (Phi) is 5.32. The molecule has 0 saturated carbocycles. The van der Waals surface area contributed by atoms with Crippen LogP contribution in [0.1, 0.15) is 28.8 Å². The van der Waals surface area contributed by atoms with Gasteiger partial charge in [0.05, 0.1) is 12.7 Å². The Morgan fingerprint density at radius 2 is 2.11 bits per heavy atom. The topological polar surface area (TPSA) is 81.4 Å². The number of amides is 1. The van der Waals surface area contributed by atoms with E-state index in [2.05, 4.69) is 10.1 Å². The minimum Gasteiger partial charge on any atom is -0.465 e. The molecule has 0 aliphatic carbocycles. The van der Waals surface area contributed by atoms with Crippen LogP contribution in [0, 0.1) is 6.92 Å². The summed E-state index contributed by atoms with van der Waals surface area (Å²) in [5.74, 6) is -0.530. The molecule has 0 heterocycles. The summed E-state index contributed by atoms with van der Waals surface area (Å²) in [4.78, 5) is 23.0. The first kappa shape index (κ1) is 14.2. The lowest BCUT2D eigenvalue weighted by molar-refractivity contribution is -0.116. The van der Waals surface area contributed by atoms with Crippen LogP contribution in [0.4, 0.5) is 5.69 Å².